The SMILES string of the molecule is CCCNc1nc(NC(C)(C)CC)nc(-n2cccn2)n1. The topological polar surface area (TPSA) is 80.5 Å². The molecule has 2 aromatic rings. The molecule has 0 fully saturated rings. The van der Waals surface area contributed by atoms with Crippen LogP contribution in [0.3, 0.4) is 0 Å². The van der Waals surface area contributed by atoms with Crippen molar-refractivity contribution in [1.29, 1.82) is 0 Å². The Labute approximate surface area is 125 Å². The molecule has 0 aliphatic heterocycles. The van der Waals surface area contributed by atoms with Gasteiger partial charge in [0.05, 0.1) is 0 Å². The number of nitrogens with one attached hydrogen (secondary N) is 2. The lowest BCUT2D eigenvalue weighted by atomic mass is 10.0. The van der Waals surface area contributed by atoms with E-state index in [1.807, 2.05) is 12.3 Å². The molecule has 114 valence electrons. The van der Waals surface area contributed by atoms with Crippen molar-refractivity contribution in [2.24, 2.45) is 0 Å². The van der Waals surface area contributed by atoms with Crippen LogP contribution in [0.25, 0.3) is 5.95 Å². The molecule has 7 nitrogen and oxygen atoms in total. The Bertz CT molecular complexity index is 563. The molecule has 0 radical (unpaired) electrons. The molecule has 2 rings (SSSR count). The van der Waals surface area contributed by atoms with Gasteiger partial charge in [-0.2, -0.15) is 20.1 Å². The summed E-state index contributed by atoms with van der Waals surface area (Å²) in [6, 6.07) is 1.84. The third-order valence-corrected chi connectivity index (χ3v) is 3.20. The van der Waals surface area contributed by atoms with Gasteiger partial charge in [-0.05, 0) is 32.8 Å². The number of nitrogens with zero attached hydrogens (tertiary/aromatic N) is 5. The standard InChI is InChI=1S/C14H23N7/c1-5-8-15-11-17-12(20-14(3,4)6-2)19-13(18-11)21-10-7-9-16-21/h7,9-10H,5-6,8H2,1-4H3,(H2,15,17,18,19,20). The Morgan fingerprint density at radius 1 is 1.14 bits per heavy atom. The van der Waals surface area contributed by atoms with Gasteiger partial charge in [0.25, 0.3) is 5.95 Å². The van der Waals surface area contributed by atoms with E-state index in [-0.39, 0.29) is 5.54 Å². The lowest BCUT2D eigenvalue weighted by Crippen LogP contribution is -2.31. The van der Waals surface area contributed by atoms with Crippen LogP contribution in [0, 0.1) is 0 Å². The molecule has 7 heteroatoms. The zero-order valence-electron chi connectivity index (χ0n) is 13.1. The fraction of sp³-hybridized carbons (Fsp3) is 0.571. The predicted octanol–water partition coefficient (Wildman–Crippen LogP) is 2.48. The average molecular weight is 289 g/mol. The Kier molecular flexibility index (Phi) is 4.72. The Morgan fingerprint density at radius 3 is 2.52 bits per heavy atom. The quantitative estimate of drug-likeness (QED) is 0.815. The van der Waals surface area contributed by atoms with E-state index >= 15 is 0 Å². The molecule has 0 amide bonds. The summed E-state index contributed by atoms with van der Waals surface area (Å²) in [6.07, 6.45) is 5.49. The Morgan fingerprint density at radius 2 is 1.90 bits per heavy atom. The second-order valence-electron chi connectivity index (χ2n) is 5.52. The van der Waals surface area contributed by atoms with E-state index in [4.69, 9.17) is 0 Å². The minimum absolute atomic E-state index is 0.0786. The van der Waals surface area contributed by atoms with Crippen molar-refractivity contribution in [3.8, 4) is 5.95 Å². The monoisotopic (exact) mass is 289 g/mol. The molecule has 0 aliphatic rings. The van der Waals surface area contributed by atoms with Gasteiger partial charge in [0, 0.05) is 24.5 Å². The van der Waals surface area contributed by atoms with Crippen molar-refractivity contribution in [2.75, 3.05) is 17.2 Å². The fourth-order valence-electron chi connectivity index (χ4n) is 1.62. The van der Waals surface area contributed by atoms with Crippen molar-refractivity contribution in [3.63, 3.8) is 0 Å². The molecular formula is C14H23N7. The molecule has 0 aromatic carbocycles. The highest BCUT2D eigenvalue weighted by molar-refractivity contribution is 5.39. The number of hydrogen-bond donors (Lipinski definition) is 2. The zero-order chi connectivity index (χ0) is 15.3. The molecule has 0 saturated heterocycles. The van der Waals surface area contributed by atoms with E-state index < -0.39 is 0 Å². The van der Waals surface area contributed by atoms with Crippen LogP contribution in [0.2, 0.25) is 0 Å². The average Bonchev–Trinajstić information content (AvgIpc) is 2.98. The Balaban J connectivity index is 2.33. The molecule has 0 saturated carbocycles. The minimum atomic E-state index is -0.0786. The molecule has 0 spiro atoms. The van der Waals surface area contributed by atoms with Crippen molar-refractivity contribution in [1.82, 2.24) is 24.7 Å². The third-order valence-electron chi connectivity index (χ3n) is 3.20. The first-order chi connectivity index (χ1) is 10.0. The smallest absolute Gasteiger partial charge is 0.257 e. The molecule has 0 bridgehead atoms. The van der Waals surface area contributed by atoms with Crippen LogP contribution in [-0.4, -0.2) is 36.8 Å². The van der Waals surface area contributed by atoms with Crippen molar-refractivity contribution >= 4 is 11.9 Å². The van der Waals surface area contributed by atoms with Crippen LogP contribution < -0.4 is 10.6 Å². The van der Waals surface area contributed by atoms with E-state index in [1.54, 1.807) is 10.9 Å². The van der Waals surface area contributed by atoms with Gasteiger partial charge in [0.15, 0.2) is 0 Å². The van der Waals surface area contributed by atoms with Crippen LogP contribution in [-0.2, 0) is 0 Å². The van der Waals surface area contributed by atoms with Crippen LogP contribution in [0.15, 0.2) is 18.5 Å². The van der Waals surface area contributed by atoms with Crippen LogP contribution in [0.1, 0.15) is 40.5 Å². The maximum atomic E-state index is 4.44. The molecule has 0 atom stereocenters. The molecule has 0 unspecified atom stereocenters. The highest BCUT2D eigenvalue weighted by atomic mass is 15.4. The molecule has 2 aromatic heterocycles. The zero-order valence-corrected chi connectivity index (χ0v) is 13.1. The maximum absolute atomic E-state index is 4.44. The first-order valence-corrected chi connectivity index (χ1v) is 7.32. The van der Waals surface area contributed by atoms with Gasteiger partial charge in [-0.1, -0.05) is 13.8 Å². The van der Waals surface area contributed by atoms with Crippen LogP contribution >= 0.6 is 0 Å². The number of anilines is 2. The summed E-state index contributed by atoms with van der Waals surface area (Å²) in [6.45, 7) is 9.27. The first kappa shape index (κ1) is 15.2. The highest BCUT2D eigenvalue weighted by Crippen LogP contribution is 2.16. The second kappa shape index (κ2) is 6.51. The summed E-state index contributed by atoms with van der Waals surface area (Å²) in [5.41, 5.74) is -0.0786. The number of aromatic nitrogens is 5. The molecule has 2 heterocycles. The number of hydrogen-bond acceptors (Lipinski definition) is 6. The molecule has 21 heavy (non-hydrogen) atoms. The Hall–Kier alpha value is -2.18. The summed E-state index contributed by atoms with van der Waals surface area (Å²) in [4.78, 5) is 13.3. The maximum Gasteiger partial charge on any atom is 0.257 e. The van der Waals surface area contributed by atoms with E-state index in [9.17, 15) is 0 Å². The van der Waals surface area contributed by atoms with Crippen LogP contribution in [0.5, 0.6) is 0 Å². The van der Waals surface area contributed by atoms with Crippen molar-refractivity contribution < 1.29 is 0 Å². The summed E-state index contributed by atoms with van der Waals surface area (Å²) in [7, 11) is 0. The molecule has 0 aliphatic carbocycles. The largest absolute Gasteiger partial charge is 0.354 e. The fourth-order valence-corrected chi connectivity index (χ4v) is 1.62. The van der Waals surface area contributed by atoms with Gasteiger partial charge in [0.2, 0.25) is 11.9 Å². The summed E-state index contributed by atoms with van der Waals surface area (Å²) < 4.78 is 1.63. The predicted molar refractivity (Wildman–Crippen MR) is 83.7 cm³/mol. The highest BCUT2D eigenvalue weighted by Gasteiger charge is 2.17. The van der Waals surface area contributed by atoms with Crippen molar-refractivity contribution in [3.05, 3.63) is 18.5 Å². The van der Waals surface area contributed by atoms with E-state index in [0.717, 1.165) is 19.4 Å². The van der Waals surface area contributed by atoms with Gasteiger partial charge < -0.3 is 10.6 Å². The van der Waals surface area contributed by atoms with Gasteiger partial charge in [-0.25, -0.2) is 4.68 Å². The van der Waals surface area contributed by atoms with Crippen LogP contribution in [0.4, 0.5) is 11.9 Å². The first-order valence-electron chi connectivity index (χ1n) is 7.32. The van der Waals surface area contributed by atoms with E-state index in [2.05, 4.69) is 58.4 Å². The lowest BCUT2D eigenvalue weighted by Gasteiger charge is -2.24. The van der Waals surface area contributed by atoms with Gasteiger partial charge in [-0.15, -0.1) is 0 Å². The van der Waals surface area contributed by atoms with E-state index in [1.165, 1.54) is 0 Å². The van der Waals surface area contributed by atoms with Gasteiger partial charge >= 0.3 is 0 Å². The normalized spacial score (nSPS) is 11.4. The van der Waals surface area contributed by atoms with E-state index in [0.29, 0.717) is 17.8 Å². The van der Waals surface area contributed by atoms with Gasteiger partial charge in [-0.3, -0.25) is 0 Å². The third kappa shape index (κ3) is 4.14. The summed E-state index contributed by atoms with van der Waals surface area (Å²) >= 11 is 0. The second-order valence-corrected chi connectivity index (χ2v) is 5.52. The lowest BCUT2D eigenvalue weighted by molar-refractivity contribution is 0.541. The molecular weight excluding hydrogens is 266 g/mol. The van der Waals surface area contributed by atoms with Gasteiger partial charge in [0.1, 0.15) is 0 Å². The van der Waals surface area contributed by atoms with Crippen molar-refractivity contribution in [2.45, 2.75) is 46.1 Å². The summed E-state index contributed by atoms with van der Waals surface area (Å²) in [5.74, 6) is 1.62. The molecule has 2 N–H and O–H groups in total. The minimum Gasteiger partial charge on any atom is -0.354 e. The number of rotatable bonds is 7. The summed E-state index contributed by atoms with van der Waals surface area (Å²) in [5, 5.41) is 10.7.